The number of amides is 4. The van der Waals surface area contributed by atoms with Crippen LogP contribution in [0.3, 0.4) is 0 Å². The highest BCUT2D eigenvalue weighted by atomic mass is 16.2. The molecule has 6 nitrogen and oxygen atoms in total. The second-order valence-electron chi connectivity index (χ2n) is 7.70. The van der Waals surface area contributed by atoms with Gasteiger partial charge in [0.05, 0.1) is 33.6 Å². The topological polar surface area (TPSA) is 74.8 Å². The van der Waals surface area contributed by atoms with Gasteiger partial charge in [-0.2, -0.15) is 0 Å². The Kier molecular flexibility index (Phi) is 3.67. The number of nitrogens with zero attached hydrogens (tertiary/aromatic N) is 2. The molecule has 4 amide bonds. The fourth-order valence-electron chi connectivity index (χ4n) is 4.34. The van der Waals surface area contributed by atoms with E-state index in [1.54, 1.807) is 36.4 Å². The number of anilines is 2. The molecule has 0 spiro atoms. The first kappa shape index (κ1) is 18.2. The first-order chi connectivity index (χ1) is 15.5. The summed E-state index contributed by atoms with van der Waals surface area (Å²) >= 11 is 0. The Morgan fingerprint density at radius 3 is 1.53 bits per heavy atom. The van der Waals surface area contributed by atoms with Gasteiger partial charge in [0.1, 0.15) is 0 Å². The first-order valence-electron chi connectivity index (χ1n) is 10.0. The largest absolute Gasteiger partial charge is 0.268 e. The van der Waals surface area contributed by atoms with E-state index in [4.69, 9.17) is 0 Å². The molecule has 2 heterocycles. The molecule has 0 bridgehead atoms. The van der Waals surface area contributed by atoms with Crippen LogP contribution in [-0.4, -0.2) is 23.6 Å². The van der Waals surface area contributed by atoms with Crippen molar-refractivity contribution in [2.75, 3.05) is 9.80 Å². The van der Waals surface area contributed by atoms with E-state index < -0.39 is 23.6 Å². The van der Waals surface area contributed by atoms with Crippen LogP contribution in [0.15, 0.2) is 84.9 Å². The standard InChI is InChI=1S/C26H14N2O4/c29-23-19-7-3-4-8-20(19)24(30)28(23)18-11-12-21-22(14-18)26(32)27(25(21)31)17-10-9-15-5-1-2-6-16(15)13-17/h1-14H. The van der Waals surface area contributed by atoms with Gasteiger partial charge in [-0.3, -0.25) is 19.2 Å². The summed E-state index contributed by atoms with van der Waals surface area (Å²) in [6.45, 7) is 0. The molecule has 2 aliphatic heterocycles. The summed E-state index contributed by atoms with van der Waals surface area (Å²) in [6, 6.07) is 24.1. The zero-order chi connectivity index (χ0) is 22.0. The third-order valence-electron chi connectivity index (χ3n) is 5.91. The lowest BCUT2D eigenvalue weighted by Gasteiger charge is -2.15. The van der Waals surface area contributed by atoms with Crippen molar-refractivity contribution in [2.24, 2.45) is 0 Å². The van der Waals surface area contributed by atoms with E-state index in [1.807, 2.05) is 30.3 Å². The van der Waals surface area contributed by atoms with Crippen LogP contribution in [-0.2, 0) is 0 Å². The molecule has 0 aromatic heterocycles. The van der Waals surface area contributed by atoms with E-state index in [-0.39, 0.29) is 16.8 Å². The molecular formula is C26H14N2O4. The molecule has 6 rings (SSSR count). The summed E-state index contributed by atoms with van der Waals surface area (Å²) in [5, 5.41) is 1.91. The van der Waals surface area contributed by atoms with Crippen molar-refractivity contribution in [3.8, 4) is 0 Å². The Hall–Kier alpha value is -4.58. The van der Waals surface area contributed by atoms with Crippen LogP contribution in [0.5, 0.6) is 0 Å². The Morgan fingerprint density at radius 1 is 0.406 bits per heavy atom. The Labute approximate surface area is 182 Å². The van der Waals surface area contributed by atoms with Crippen LogP contribution in [0, 0.1) is 0 Å². The van der Waals surface area contributed by atoms with Crippen molar-refractivity contribution in [2.45, 2.75) is 0 Å². The normalized spacial score (nSPS) is 15.0. The molecule has 0 aliphatic carbocycles. The zero-order valence-electron chi connectivity index (χ0n) is 16.6. The predicted octanol–water partition coefficient (Wildman–Crippen LogP) is 4.44. The summed E-state index contributed by atoms with van der Waals surface area (Å²) in [5.74, 6) is -1.82. The lowest BCUT2D eigenvalue weighted by molar-refractivity contribution is 0.0909. The number of hydrogen-bond acceptors (Lipinski definition) is 4. The van der Waals surface area contributed by atoms with E-state index >= 15 is 0 Å². The van der Waals surface area contributed by atoms with Gasteiger partial charge in [0.15, 0.2) is 0 Å². The maximum atomic E-state index is 13.2. The number of imide groups is 2. The molecule has 2 aliphatic rings. The first-order valence-corrected chi connectivity index (χ1v) is 10.0. The molecule has 32 heavy (non-hydrogen) atoms. The van der Waals surface area contributed by atoms with Crippen LogP contribution < -0.4 is 9.80 Å². The molecule has 0 unspecified atom stereocenters. The molecule has 0 radical (unpaired) electrons. The van der Waals surface area contributed by atoms with Gasteiger partial charge < -0.3 is 0 Å². The molecule has 0 fully saturated rings. The summed E-state index contributed by atoms with van der Waals surface area (Å²) in [7, 11) is 0. The number of carbonyl (C=O) groups excluding carboxylic acids is 4. The van der Waals surface area contributed by atoms with E-state index in [1.165, 1.54) is 18.2 Å². The monoisotopic (exact) mass is 418 g/mol. The van der Waals surface area contributed by atoms with Crippen molar-refractivity contribution >= 4 is 45.8 Å². The fourth-order valence-corrected chi connectivity index (χ4v) is 4.34. The Morgan fingerprint density at radius 2 is 0.875 bits per heavy atom. The Bertz CT molecular complexity index is 1490. The molecule has 152 valence electrons. The van der Waals surface area contributed by atoms with Gasteiger partial charge in [0, 0.05) is 0 Å². The van der Waals surface area contributed by atoms with E-state index in [2.05, 4.69) is 0 Å². The van der Waals surface area contributed by atoms with Gasteiger partial charge in [-0.15, -0.1) is 0 Å². The van der Waals surface area contributed by atoms with Crippen LogP contribution in [0.2, 0.25) is 0 Å². The SMILES string of the molecule is O=C1c2ccccc2C(=O)N1c1ccc2c(c1)C(=O)N(c1ccc3ccccc3c1)C2=O. The van der Waals surface area contributed by atoms with Crippen LogP contribution >= 0.6 is 0 Å². The minimum Gasteiger partial charge on any atom is -0.268 e. The van der Waals surface area contributed by atoms with Crippen molar-refractivity contribution in [3.05, 3.63) is 107 Å². The van der Waals surface area contributed by atoms with Gasteiger partial charge in [-0.1, -0.05) is 42.5 Å². The molecular weight excluding hydrogens is 404 g/mol. The van der Waals surface area contributed by atoms with Gasteiger partial charge >= 0.3 is 0 Å². The van der Waals surface area contributed by atoms with Gasteiger partial charge in [0.25, 0.3) is 23.6 Å². The molecule has 0 N–H and O–H groups in total. The molecule has 4 aromatic rings. The zero-order valence-corrected chi connectivity index (χ0v) is 16.6. The van der Waals surface area contributed by atoms with Crippen molar-refractivity contribution in [1.82, 2.24) is 0 Å². The summed E-state index contributed by atoms with van der Waals surface area (Å²) in [4.78, 5) is 54.0. The minimum absolute atomic E-state index is 0.164. The third-order valence-corrected chi connectivity index (χ3v) is 5.91. The lowest BCUT2D eigenvalue weighted by Crippen LogP contribution is -2.30. The van der Waals surface area contributed by atoms with E-state index in [0.29, 0.717) is 16.8 Å². The highest BCUT2D eigenvalue weighted by Crippen LogP contribution is 2.35. The number of hydrogen-bond donors (Lipinski definition) is 0. The summed E-state index contributed by atoms with van der Waals surface area (Å²) < 4.78 is 0. The fraction of sp³-hybridized carbons (Fsp3) is 0. The molecule has 0 saturated heterocycles. The van der Waals surface area contributed by atoms with E-state index in [9.17, 15) is 19.2 Å². The number of carbonyl (C=O) groups is 4. The average molecular weight is 418 g/mol. The van der Waals surface area contributed by atoms with Gasteiger partial charge in [-0.05, 0) is 53.2 Å². The number of benzene rings is 4. The summed E-state index contributed by atoms with van der Waals surface area (Å²) in [5.41, 5.74) is 1.77. The van der Waals surface area contributed by atoms with Crippen molar-refractivity contribution in [1.29, 1.82) is 0 Å². The van der Waals surface area contributed by atoms with Crippen LogP contribution in [0.1, 0.15) is 41.4 Å². The Balaban J connectivity index is 1.40. The maximum Gasteiger partial charge on any atom is 0.266 e. The van der Waals surface area contributed by atoms with Crippen LogP contribution in [0.4, 0.5) is 11.4 Å². The highest BCUT2D eigenvalue weighted by Gasteiger charge is 2.40. The van der Waals surface area contributed by atoms with Gasteiger partial charge in [0.2, 0.25) is 0 Å². The van der Waals surface area contributed by atoms with Gasteiger partial charge in [-0.25, -0.2) is 9.80 Å². The minimum atomic E-state index is -0.487. The third kappa shape index (κ3) is 2.40. The summed E-state index contributed by atoms with van der Waals surface area (Å²) in [6.07, 6.45) is 0. The number of fused-ring (bicyclic) bond motifs is 3. The lowest BCUT2D eigenvalue weighted by atomic mass is 10.1. The molecule has 0 atom stereocenters. The van der Waals surface area contributed by atoms with Crippen molar-refractivity contribution in [3.63, 3.8) is 0 Å². The van der Waals surface area contributed by atoms with Crippen molar-refractivity contribution < 1.29 is 19.2 Å². The highest BCUT2D eigenvalue weighted by molar-refractivity contribution is 6.37. The van der Waals surface area contributed by atoms with E-state index in [0.717, 1.165) is 20.6 Å². The second kappa shape index (κ2) is 6.46. The predicted molar refractivity (Wildman–Crippen MR) is 119 cm³/mol. The molecule has 4 aromatic carbocycles. The molecule has 6 heteroatoms. The van der Waals surface area contributed by atoms with Crippen LogP contribution in [0.25, 0.3) is 10.8 Å². The second-order valence-corrected chi connectivity index (χ2v) is 7.70. The average Bonchev–Trinajstić information content (AvgIpc) is 3.23. The quantitative estimate of drug-likeness (QED) is 0.451. The maximum absolute atomic E-state index is 13.2. The smallest absolute Gasteiger partial charge is 0.266 e. The number of rotatable bonds is 2. The molecule has 0 saturated carbocycles.